The normalized spacial score (nSPS) is 18.3. The quantitative estimate of drug-likeness (QED) is 0.868. The summed E-state index contributed by atoms with van der Waals surface area (Å²) in [6, 6.07) is 6.78. The lowest BCUT2D eigenvalue weighted by Gasteiger charge is -2.35. The SMILES string of the molecule is CCNCc1ccc(N2CCC(C(C)O)CC2)cc1C. The molecule has 112 valence electrons. The van der Waals surface area contributed by atoms with Crippen LogP contribution < -0.4 is 10.2 Å². The van der Waals surface area contributed by atoms with E-state index in [2.05, 4.69) is 42.3 Å². The summed E-state index contributed by atoms with van der Waals surface area (Å²) in [6.45, 7) is 10.3. The molecule has 1 heterocycles. The molecule has 0 aromatic heterocycles. The number of aliphatic hydroxyl groups excluding tert-OH is 1. The summed E-state index contributed by atoms with van der Waals surface area (Å²) in [7, 11) is 0. The van der Waals surface area contributed by atoms with Crippen molar-refractivity contribution in [2.45, 2.75) is 46.3 Å². The minimum absolute atomic E-state index is 0.165. The maximum absolute atomic E-state index is 9.67. The predicted molar refractivity (Wildman–Crippen MR) is 85.2 cm³/mol. The summed E-state index contributed by atoms with van der Waals surface area (Å²) in [5, 5.41) is 13.1. The van der Waals surface area contributed by atoms with E-state index in [0.29, 0.717) is 5.92 Å². The Bertz CT molecular complexity index is 423. The fraction of sp³-hybridized carbons (Fsp3) is 0.647. The molecule has 1 aliphatic heterocycles. The molecule has 20 heavy (non-hydrogen) atoms. The first-order valence-corrected chi connectivity index (χ1v) is 7.85. The van der Waals surface area contributed by atoms with Crippen molar-refractivity contribution in [2.24, 2.45) is 5.92 Å². The molecule has 0 radical (unpaired) electrons. The molecule has 1 atom stereocenters. The highest BCUT2D eigenvalue weighted by Crippen LogP contribution is 2.26. The summed E-state index contributed by atoms with van der Waals surface area (Å²) in [5.74, 6) is 0.473. The van der Waals surface area contributed by atoms with Gasteiger partial charge in [0.2, 0.25) is 0 Å². The highest BCUT2D eigenvalue weighted by Gasteiger charge is 2.22. The maximum atomic E-state index is 9.67. The second kappa shape index (κ2) is 7.09. The van der Waals surface area contributed by atoms with Gasteiger partial charge in [0.1, 0.15) is 0 Å². The summed E-state index contributed by atoms with van der Waals surface area (Å²) < 4.78 is 0. The lowest BCUT2D eigenvalue weighted by atomic mass is 9.92. The number of hydrogen-bond donors (Lipinski definition) is 2. The number of piperidine rings is 1. The van der Waals surface area contributed by atoms with E-state index in [4.69, 9.17) is 0 Å². The number of hydrogen-bond acceptors (Lipinski definition) is 3. The average Bonchev–Trinajstić information content (AvgIpc) is 2.46. The molecule has 0 spiro atoms. The summed E-state index contributed by atoms with van der Waals surface area (Å²) in [5.41, 5.74) is 4.07. The van der Waals surface area contributed by atoms with Crippen molar-refractivity contribution in [2.75, 3.05) is 24.5 Å². The zero-order valence-electron chi connectivity index (χ0n) is 13.0. The van der Waals surface area contributed by atoms with Crippen LogP contribution in [0.4, 0.5) is 5.69 Å². The Morgan fingerprint density at radius 3 is 2.60 bits per heavy atom. The second-order valence-electron chi connectivity index (χ2n) is 5.96. The van der Waals surface area contributed by atoms with E-state index >= 15 is 0 Å². The van der Waals surface area contributed by atoms with E-state index in [1.54, 1.807) is 0 Å². The Morgan fingerprint density at radius 2 is 2.05 bits per heavy atom. The van der Waals surface area contributed by atoms with Crippen molar-refractivity contribution in [1.82, 2.24) is 5.32 Å². The van der Waals surface area contributed by atoms with E-state index in [1.165, 1.54) is 16.8 Å². The molecule has 1 unspecified atom stereocenters. The molecular formula is C17H28N2O. The molecule has 1 aromatic carbocycles. The molecule has 0 amide bonds. The van der Waals surface area contributed by atoms with E-state index in [-0.39, 0.29) is 6.10 Å². The number of benzene rings is 1. The predicted octanol–water partition coefficient (Wildman–Crippen LogP) is 2.70. The molecule has 3 heteroatoms. The number of aryl methyl sites for hydroxylation is 1. The number of aliphatic hydroxyl groups is 1. The van der Waals surface area contributed by atoms with Gasteiger partial charge in [0.25, 0.3) is 0 Å². The van der Waals surface area contributed by atoms with E-state index in [9.17, 15) is 5.11 Å². The van der Waals surface area contributed by atoms with Gasteiger partial charge in [-0.3, -0.25) is 0 Å². The topological polar surface area (TPSA) is 35.5 Å². The number of anilines is 1. The standard InChI is InChI=1S/C17H28N2O/c1-4-18-12-16-5-6-17(11-13(16)2)19-9-7-15(8-10-19)14(3)20/h5-6,11,14-15,18,20H,4,7-10,12H2,1-3H3. The fourth-order valence-electron chi connectivity index (χ4n) is 2.97. The van der Waals surface area contributed by atoms with Crippen molar-refractivity contribution >= 4 is 5.69 Å². The van der Waals surface area contributed by atoms with Crippen LogP contribution in [-0.2, 0) is 6.54 Å². The van der Waals surface area contributed by atoms with Gasteiger partial charge in [-0.1, -0.05) is 13.0 Å². The maximum Gasteiger partial charge on any atom is 0.0541 e. The second-order valence-corrected chi connectivity index (χ2v) is 5.96. The summed E-state index contributed by atoms with van der Waals surface area (Å²) >= 11 is 0. The van der Waals surface area contributed by atoms with Gasteiger partial charge < -0.3 is 15.3 Å². The van der Waals surface area contributed by atoms with Crippen LogP contribution in [0.2, 0.25) is 0 Å². The molecule has 0 aliphatic carbocycles. The van der Waals surface area contributed by atoms with Crippen LogP contribution in [0.5, 0.6) is 0 Å². The minimum Gasteiger partial charge on any atom is -0.393 e. The third-order valence-electron chi connectivity index (χ3n) is 4.48. The Hall–Kier alpha value is -1.06. The summed E-state index contributed by atoms with van der Waals surface area (Å²) in [4.78, 5) is 2.45. The first-order chi connectivity index (χ1) is 9.61. The zero-order valence-corrected chi connectivity index (χ0v) is 13.0. The Kier molecular flexibility index (Phi) is 5.44. The molecule has 1 saturated heterocycles. The van der Waals surface area contributed by atoms with Crippen molar-refractivity contribution in [3.63, 3.8) is 0 Å². The first kappa shape index (κ1) is 15.3. The van der Waals surface area contributed by atoms with Gasteiger partial charge in [-0.05, 0) is 62.4 Å². The van der Waals surface area contributed by atoms with Crippen molar-refractivity contribution in [3.8, 4) is 0 Å². The Morgan fingerprint density at radius 1 is 1.35 bits per heavy atom. The molecule has 2 N–H and O–H groups in total. The smallest absolute Gasteiger partial charge is 0.0541 e. The highest BCUT2D eigenvalue weighted by molar-refractivity contribution is 5.51. The molecule has 0 saturated carbocycles. The number of nitrogens with zero attached hydrogens (tertiary/aromatic N) is 1. The molecule has 1 aromatic rings. The van der Waals surface area contributed by atoms with Crippen LogP contribution in [0, 0.1) is 12.8 Å². The largest absolute Gasteiger partial charge is 0.393 e. The van der Waals surface area contributed by atoms with E-state index in [0.717, 1.165) is 39.0 Å². The van der Waals surface area contributed by atoms with Crippen LogP contribution in [0.25, 0.3) is 0 Å². The van der Waals surface area contributed by atoms with Gasteiger partial charge in [0, 0.05) is 25.3 Å². The number of rotatable bonds is 5. The monoisotopic (exact) mass is 276 g/mol. The Balaban J connectivity index is 1.98. The zero-order chi connectivity index (χ0) is 14.5. The number of nitrogens with one attached hydrogen (secondary N) is 1. The molecule has 0 bridgehead atoms. The summed E-state index contributed by atoms with van der Waals surface area (Å²) in [6.07, 6.45) is 2.02. The molecule has 2 rings (SSSR count). The lowest BCUT2D eigenvalue weighted by Crippen LogP contribution is -2.37. The van der Waals surface area contributed by atoms with Crippen molar-refractivity contribution < 1.29 is 5.11 Å². The van der Waals surface area contributed by atoms with Crippen LogP contribution in [0.3, 0.4) is 0 Å². The molecule has 3 nitrogen and oxygen atoms in total. The third-order valence-corrected chi connectivity index (χ3v) is 4.48. The van der Waals surface area contributed by atoms with Crippen LogP contribution in [0.1, 0.15) is 37.8 Å². The van der Waals surface area contributed by atoms with Crippen LogP contribution in [0.15, 0.2) is 18.2 Å². The van der Waals surface area contributed by atoms with Gasteiger partial charge in [0.15, 0.2) is 0 Å². The van der Waals surface area contributed by atoms with Gasteiger partial charge in [-0.15, -0.1) is 0 Å². The van der Waals surface area contributed by atoms with Crippen molar-refractivity contribution in [3.05, 3.63) is 29.3 Å². The lowest BCUT2D eigenvalue weighted by molar-refractivity contribution is 0.110. The third kappa shape index (κ3) is 3.74. The van der Waals surface area contributed by atoms with Gasteiger partial charge in [-0.25, -0.2) is 0 Å². The van der Waals surface area contributed by atoms with Crippen molar-refractivity contribution in [1.29, 1.82) is 0 Å². The Labute approximate surface area is 123 Å². The van der Waals surface area contributed by atoms with Crippen LogP contribution >= 0.6 is 0 Å². The first-order valence-electron chi connectivity index (χ1n) is 7.85. The molecule has 1 aliphatic rings. The van der Waals surface area contributed by atoms with E-state index < -0.39 is 0 Å². The fourth-order valence-corrected chi connectivity index (χ4v) is 2.97. The molecular weight excluding hydrogens is 248 g/mol. The van der Waals surface area contributed by atoms with Gasteiger partial charge >= 0.3 is 0 Å². The van der Waals surface area contributed by atoms with Gasteiger partial charge in [-0.2, -0.15) is 0 Å². The molecule has 1 fully saturated rings. The van der Waals surface area contributed by atoms with Gasteiger partial charge in [0.05, 0.1) is 6.10 Å². The minimum atomic E-state index is -0.165. The van der Waals surface area contributed by atoms with E-state index in [1.807, 2.05) is 6.92 Å². The average molecular weight is 276 g/mol. The van der Waals surface area contributed by atoms with Crippen LogP contribution in [-0.4, -0.2) is 30.8 Å². The highest BCUT2D eigenvalue weighted by atomic mass is 16.3.